The number of anilines is 1. The predicted octanol–water partition coefficient (Wildman–Crippen LogP) is 1.94. The van der Waals surface area contributed by atoms with Crippen molar-refractivity contribution in [2.24, 2.45) is 0 Å². The Bertz CT molecular complexity index is 751. The van der Waals surface area contributed by atoms with Crippen LogP contribution in [0.5, 0.6) is 0 Å². The molecule has 0 saturated carbocycles. The van der Waals surface area contributed by atoms with Crippen LogP contribution >= 0.6 is 22.9 Å². The van der Waals surface area contributed by atoms with Gasteiger partial charge in [0.1, 0.15) is 30.0 Å². The van der Waals surface area contributed by atoms with Gasteiger partial charge >= 0.3 is 0 Å². The van der Waals surface area contributed by atoms with E-state index in [-0.39, 0.29) is 11.8 Å². The first kappa shape index (κ1) is 16.0. The summed E-state index contributed by atoms with van der Waals surface area (Å²) in [5.74, 6) is -0.367. The topological polar surface area (TPSA) is 57.3 Å². The highest BCUT2D eigenvalue weighted by Crippen LogP contribution is 2.34. The number of carbonyl (C=O) groups excluding carboxylic acids is 1. The second kappa shape index (κ2) is 7.14. The van der Waals surface area contributed by atoms with Crippen LogP contribution in [0.1, 0.15) is 21.6 Å². The number of alkyl halides is 1. The van der Waals surface area contributed by atoms with Gasteiger partial charge in [0.05, 0.1) is 17.0 Å². The van der Waals surface area contributed by atoms with E-state index in [0.717, 1.165) is 31.6 Å². The lowest BCUT2D eigenvalue weighted by atomic mass is 10.0. The number of thiophene rings is 1. The Morgan fingerprint density at radius 1 is 1.39 bits per heavy atom. The zero-order valence-corrected chi connectivity index (χ0v) is 14.1. The third kappa shape index (κ3) is 3.56. The number of quaternary nitrogens is 1. The Morgan fingerprint density at radius 3 is 2.87 bits per heavy atom. The molecule has 1 unspecified atom stereocenters. The molecule has 1 aliphatic heterocycles. The van der Waals surface area contributed by atoms with Crippen LogP contribution in [0.2, 0.25) is 0 Å². The maximum absolute atomic E-state index is 11.5. The summed E-state index contributed by atoms with van der Waals surface area (Å²) in [6.07, 6.45) is 0.869. The Balaban J connectivity index is 1.78. The molecule has 2 aromatic rings. The summed E-state index contributed by atoms with van der Waals surface area (Å²) in [4.78, 5) is 14.2. The highest BCUT2D eigenvalue weighted by Gasteiger charge is 2.27. The number of nitrogens with one attached hydrogen (secondary N) is 2. The fourth-order valence-electron chi connectivity index (χ4n) is 2.94. The van der Waals surface area contributed by atoms with E-state index in [2.05, 4.69) is 35.7 Å². The second-order valence-electron chi connectivity index (χ2n) is 5.59. The molecule has 0 radical (unpaired) electrons. The molecule has 1 aromatic heterocycles. The lowest BCUT2D eigenvalue weighted by Crippen LogP contribution is -3.10. The second-order valence-corrected chi connectivity index (χ2v) is 6.96. The maximum atomic E-state index is 11.5. The monoisotopic (exact) mass is 346 g/mol. The van der Waals surface area contributed by atoms with E-state index in [1.54, 1.807) is 0 Å². The van der Waals surface area contributed by atoms with Crippen molar-refractivity contribution in [3.63, 3.8) is 0 Å². The molecule has 0 saturated heterocycles. The molecular formula is C17H17ClN3OS+. The molecule has 1 amide bonds. The van der Waals surface area contributed by atoms with Crippen LogP contribution in [-0.2, 0) is 24.3 Å². The smallest absolute Gasteiger partial charge is 0.239 e. The molecule has 1 aromatic carbocycles. The van der Waals surface area contributed by atoms with Gasteiger partial charge in [-0.3, -0.25) is 4.79 Å². The summed E-state index contributed by atoms with van der Waals surface area (Å²) in [5, 5.41) is 12.8. The Morgan fingerprint density at radius 2 is 2.17 bits per heavy atom. The number of rotatable bonds is 4. The van der Waals surface area contributed by atoms with Crippen molar-refractivity contribution in [1.82, 2.24) is 0 Å². The van der Waals surface area contributed by atoms with Crippen molar-refractivity contribution in [1.29, 1.82) is 5.26 Å². The minimum atomic E-state index is -0.268. The van der Waals surface area contributed by atoms with Crippen LogP contribution in [0.3, 0.4) is 0 Å². The fraction of sp³-hybridized carbons (Fsp3) is 0.294. The van der Waals surface area contributed by atoms with Gasteiger partial charge in [-0.05, 0) is 5.56 Å². The number of benzene rings is 1. The van der Waals surface area contributed by atoms with E-state index in [9.17, 15) is 10.1 Å². The van der Waals surface area contributed by atoms with Gasteiger partial charge in [0.15, 0.2) is 0 Å². The first-order chi connectivity index (χ1) is 11.2. The van der Waals surface area contributed by atoms with Crippen molar-refractivity contribution in [2.75, 3.05) is 17.7 Å². The van der Waals surface area contributed by atoms with Crippen LogP contribution < -0.4 is 10.2 Å². The summed E-state index contributed by atoms with van der Waals surface area (Å²) in [7, 11) is 0. The summed E-state index contributed by atoms with van der Waals surface area (Å²) in [6.45, 7) is 2.86. The number of nitrogens with zero attached hydrogens (tertiary/aromatic N) is 1. The van der Waals surface area contributed by atoms with Crippen molar-refractivity contribution < 1.29 is 9.69 Å². The van der Waals surface area contributed by atoms with Crippen LogP contribution in [-0.4, -0.2) is 18.3 Å². The van der Waals surface area contributed by atoms with E-state index in [1.165, 1.54) is 26.7 Å². The van der Waals surface area contributed by atoms with E-state index in [0.29, 0.717) is 10.6 Å². The molecule has 3 rings (SSSR count). The minimum absolute atomic E-state index is 0.0984. The molecule has 0 bridgehead atoms. The number of amides is 1. The number of nitriles is 1. The maximum Gasteiger partial charge on any atom is 0.239 e. The zero-order chi connectivity index (χ0) is 16.2. The molecule has 0 spiro atoms. The third-order valence-electron chi connectivity index (χ3n) is 4.01. The zero-order valence-electron chi connectivity index (χ0n) is 12.6. The molecule has 2 N–H and O–H groups in total. The van der Waals surface area contributed by atoms with Gasteiger partial charge < -0.3 is 10.2 Å². The highest BCUT2D eigenvalue weighted by molar-refractivity contribution is 7.16. The van der Waals surface area contributed by atoms with Crippen molar-refractivity contribution in [2.45, 2.75) is 19.5 Å². The Kier molecular flexibility index (Phi) is 4.97. The number of hydrogen-bond acceptors (Lipinski definition) is 3. The molecule has 6 heteroatoms. The average molecular weight is 347 g/mol. The lowest BCUT2D eigenvalue weighted by molar-refractivity contribution is -0.929. The fourth-order valence-corrected chi connectivity index (χ4v) is 4.29. The Labute approximate surface area is 144 Å². The molecule has 1 aliphatic rings. The third-order valence-corrected chi connectivity index (χ3v) is 5.40. The van der Waals surface area contributed by atoms with E-state index >= 15 is 0 Å². The van der Waals surface area contributed by atoms with Crippen molar-refractivity contribution >= 4 is 33.8 Å². The molecule has 0 fully saturated rings. The van der Waals surface area contributed by atoms with E-state index in [1.807, 2.05) is 6.07 Å². The number of fused-ring (bicyclic) bond motifs is 1. The Hall–Kier alpha value is -1.87. The average Bonchev–Trinajstić information content (AvgIpc) is 2.91. The van der Waals surface area contributed by atoms with Gasteiger partial charge in [-0.15, -0.1) is 22.9 Å². The van der Waals surface area contributed by atoms with Crippen LogP contribution in [0.25, 0.3) is 0 Å². The van der Waals surface area contributed by atoms with Crippen LogP contribution in [0.15, 0.2) is 30.3 Å². The van der Waals surface area contributed by atoms with Gasteiger partial charge in [-0.25, -0.2) is 0 Å². The summed E-state index contributed by atoms with van der Waals surface area (Å²) >= 11 is 7.05. The summed E-state index contributed by atoms with van der Waals surface area (Å²) < 4.78 is 0. The summed E-state index contributed by atoms with van der Waals surface area (Å²) in [6, 6.07) is 12.7. The molecule has 2 heterocycles. The van der Waals surface area contributed by atoms with Gasteiger partial charge in [-0.2, -0.15) is 5.26 Å². The first-order valence-corrected chi connectivity index (χ1v) is 8.84. The molecule has 23 heavy (non-hydrogen) atoms. The molecule has 1 atom stereocenters. The molecule has 0 aliphatic carbocycles. The normalized spacial score (nSPS) is 16.4. The van der Waals surface area contributed by atoms with Crippen molar-refractivity contribution in [3.8, 4) is 6.07 Å². The van der Waals surface area contributed by atoms with E-state index in [4.69, 9.17) is 11.6 Å². The SMILES string of the molecule is N#Cc1c(NC(=O)CCl)sc2c1CC[NH+](Cc1ccccc1)C2. The quantitative estimate of drug-likeness (QED) is 0.831. The number of carbonyl (C=O) groups is 1. The largest absolute Gasteiger partial charge is 0.326 e. The van der Waals surface area contributed by atoms with Gasteiger partial charge in [0, 0.05) is 12.0 Å². The predicted molar refractivity (Wildman–Crippen MR) is 91.8 cm³/mol. The minimum Gasteiger partial charge on any atom is -0.326 e. The van der Waals surface area contributed by atoms with Gasteiger partial charge in [-0.1, -0.05) is 30.3 Å². The molecular weight excluding hydrogens is 330 g/mol. The standard InChI is InChI=1S/C17H16ClN3OS/c18-8-16(22)20-17-14(9-19)13-6-7-21(11-15(13)23-17)10-12-4-2-1-3-5-12/h1-5H,6-8,10-11H2,(H,20,22)/p+1. The van der Waals surface area contributed by atoms with Crippen LogP contribution in [0.4, 0.5) is 5.00 Å². The van der Waals surface area contributed by atoms with Gasteiger partial charge in [0.25, 0.3) is 0 Å². The van der Waals surface area contributed by atoms with Crippen LogP contribution in [0, 0.1) is 11.3 Å². The first-order valence-electron chi connectivity index (χ1n) is 7.49. The molecule has 118 valence electrons. The van der Waals surface area contributed by atoms with Crippen molar-refractivity contribution in [3.05, 3.63) is 51.9 Å². The highest BCUT2D eigenvalue weighted by atomic mass is 35.5. The summed E-state index contributed by atoms with van der Waals surface area (Å²) in [5.41, 5.74) is 3.03. The van der Waals surface area contributed by atoms with E-state index < -0.39 is 0 Å². The number of hydrogen-bond donors (Lipinski definition) is 2. The molecule has 4 nitrogen and oxygen atoms in total. The van der Waals surface area contributed by atoms with Gasteiger partial charge in [0.2, 0.25) is 5.91 Å². The number of halogens is 1. The lowest BCUT2D eigenvalue weighted by Gasteiger charge is -2.23.